The predicted molar refractivity (Wildman–Crippen MR) is 119 cm³/mol. The zero-order valence-electron chi connectivity index (χ0n) is 16.6. The summed E-state index contributed by atoms with van der Waals surface area (Å²) < 4.78 is 16.5. The van der Waals surface area contributed by atoms with Gasteiger partial charge in [0, 0.05) is 22.2 Å². The summed E-state index contributed by atoms with van der Waals surface area (Å²) in [5, 5.41) is 12.8. The van der Waals surface area contributed by atoms with Crippen LogP contribution in [0.25, 0.3) is 17.5 Å². The predicted octanol–water partition coefficient (Wildman–Crippen LogP) is 5.04. The van der Waals surface area contributed by atoms with Gasteiger partial charge in [-0.1, -0.05) is 6.07 Å². The molecule has 0 radical (unpaired) electrons. The van der Waals surface area contributed by atoms with E-state index in [4.69, 9.17) is 13.9 Å². The molecule has 0 saturated carbocycles. The van der Waals surface area contributed by atoms with Crippen LogP contribution in [-0.2, 0) is 11.4 Å². The minimum atomic E-state index is -0.195. The van der Waals surface area contributed by atoms with Gasteiger partial charge in [-0.15, -0.1) is 21.5 Å². The first kappa shape index (κ1) is 20.4. The van der Waals surface area contributed by atoms with Crippen LogP contribution in [0.1, 0.15) is 10.8 Å². The van der Waals surface area contributed by atoms with Crippen molar-refractivity contribution in [1.82, 2.24) is 10.2 Å². The molecule has 0 spiro atoms. The third-order valence-electron chi connectivity index (χ3n) is 4.23. The van der Waals surface area contributed by atoms with Crippen molar-refractivity contribution in [3.63, 3.8) is 0 Å². The number of nitrogens with one attached hydrogen (secondary N) is 1. The van der Waals surface area contributed by atoms with Crippen molar-refractivity contribution in [2.75, 3.05) is 12.4 Å². The van der Waals surface area contributed by atoms with Gasteiger partial charge in [-0.05, 0) is 66.1 Å². The van der Waals surface area contributed by atoms with E-state index in [0.717, 1.165) is 16.2 Å². The van der Waals surface area contributed by atoms with Crippen LogP contribution in [0.2, 0.25) is 0 Å². The van der Waals surface area contributed by atoms with E-state index in [2.05, 4.69) is 15.5 Å². The fourth-order valence-corrected chi connectivity index (χ4v) is 3.29. The third-order valence-corrected chi connectivity index (χ3v) is 5.07. The van der Waals surface area contributed by atoms with E-state index in [1.54, 1.807) is 48.8 Å². The Kier molecular flexibility index (Phi) is 6.39. The van der Waals surface area contributed by atoms with Gasteiger partial charge in [0.05, 0.1) is 7.11 Å². The number of methoxy groups -OCH3 is 1. The molecule has 156 valence electrons. The molecular weight excluding hydrogens is 414 g/mol. The van der Waals surface area contributed by atoms with Crippen LogP contribution < -0.4 is 14.8 Å². The molecule has 0 fully saturated rings. The Hall–Kier alpha value is -3.91. The molecule has 7 nitrogen and oxygen atoms in total. The number of anilines is 1. The molecule has 0 bridgehead atoms. The van der Waals surface area contributed by atoms with E-state index in [1.165, 1.54) is 6.08 Å². The number of amides is 1. The Balaban J connectivity index is 1.29. The van der Waals surface area contributed by atoms with E-state index in [1.807, 2.05) is 41.8 Å². The van der Waals surface area contributed by atoms with Gasteiger partial charge >= 0.3 is 0 Å². The number of hydrogen-bond donors (Lipinski definition) is 1. The highest BCUT2D eigenvalue weighted by Crippen LogP contribution is 2.22. The quantitative estimate of drug-likeness (QED) is 0.392. The van der Waals surface area contributed by atoms with E-state index in [-0.39, 0.29) is 12.5 Å². The van der Waals surface area contributed by atoms with Crippen molar-refractivity contribution in [2.24, 2.45) is 0 Å². The van der Waals surface area contributed by atoms with Crippen LogP contribution in [0.3, 0.4) is 0 Å². The standard InChI is InChI=1S/C23H19N3O4S/c1-28-18-8-4-16(5-9-18)23-26-25-22(30-23)15-29-19-10-6-17(7-11-19)24-21(27)13-12-20-3-2-14-31-20/h2-14H,15H2,1H3,(H,24,27). The number of carbonyl (C=O) groups is 1. The SMILES string of the molecule is COc1ccc(-c2nnc(COc3ccc(NC(=O)C=Cc4cccs4)cc3)o2)cc1. The van der Waals surface area contributed by atoms with Crippen molar-refractivity contribution >= 4 is 29.0 Å². The Morgan fingerprint density at radius 1 is 1.06 bits per heavy atom. The minimum absolute atomic E-state index is 0.137. The molecule has 0 saturated heterocycles. The molecule has 2 aromatic heterocycles. The number of ether oxygens (including phenoxy) is 2. The summed E-state index contributed by atoms with van der Waals surface area (Å²) in [5.41, 5.74) is 1.47. The Morgan fingerprint density at radius 2 is 1.84 bits per heavy atom. The topological polar surface area (TPSA) is 86.5 Å². The summed E-state index contributed by atoms with van der Waals surface area (Å²) >= 11 is 1.57. The second-order valence-electron chi connectivity index (χ2n) is 6.38. The van der Waals surface area contributed by atoms with Gasteiger partial charge in [0.1, 0.15) is 11.5 Å². The summed E-state index contributed by atoms with van der Waals surface area (Å²) in [7, 11) is 1.61. The lowest BCUT2D eigenvalue weighted by atomic mass is 10.2. The molecule has 2 aromatic carbocycles. The molecule has 4 rings (SSSR count). The number of carbonyl (C=O) groups excluding carboxylic acids is 1. The summed E-state index contributed by atoms with van der Waals surface area (Å²) in [5.74, 6) is 1.96. The molecule has 0 aliphatic carbocycles. The number of benzene rings is 2. The Morgan fingerprint density at radius 3 is 2.55 bits per heavy atom. The van der Waals surface area contributed by atoms with E-state index in [9.17, 15) is 4.79 Å². The first-order valence-electron chi connectivity index (χ1n) is 9.42. The molecule has 31 heavy (non-hydrogen) atoms. The number of hydrogen-bond acceptors (Lipinski definition) is 7. The van der Waals surface area contributed by atoms with Gasteiger partial charge in [0.15, 0.2) is 6.61 Å². The van der Waals surface area contributed by atoms with Gasteiger partial charge < -0.3 is 19.2 Å². The summed E-state index contributed by atoms with van der Waals surface area (Å²) in [6.07, 6.45) is 3.29. The average molecular weight is 433 g/mol. The van der Waals surface area contributed by atoms with Gasteiger partial charge in [-0.2, -0.15) is 0 Å². The first-order valence-corrected chi connectivity index (χ1v) is 10.3. The molecule has 0 atom stereocenters. The van der Waals surface area contributed by atoms with Crippen molar-refractivity contribution < 1.29 is 18.7 Å². The lowest BCUT2D eigenvalue weighted by molar-refractivity contribution is -0.111. The molecule has 0 aliphatic heterocycles. The van der Waals surface area contributed by atoms with Crippen molar-refractivity contribution in [1.29, 1.82) is 0 Å². The van der Waals surface area contributed by atoms with E-state index < -0.39 is 0 Å². The smallest absolute Gasteiger partial charge is 0.254 e. The van der Waals surface area contributed by atoms with Crippen LogP contribution in [0, 0.1) is 0 Å². The zero-order valence-corrected chi connectivity index (χ0v) is 17.5. The van der Waals surface area contributed by atoms with Gasteiger partial charge in [0.2, 0.25) is 11.8 Å². The summed E-state index contributed by atoms with van der Waals surface area (Å²) in [6.45, 7) is 0.137. The van der Waals surface area contributed by atoms with Crippen LogP contribution in [0.5, 0.6) is 11.5 Å². The van der Waals surface area contributed by atoms with Gasteiger partial charge in [-0.3, -0.25) is 4.79 Å². The molecule has 1 amide bonds. The van der Waals surface area contributed by atoms with E-state index >= 15 is 0 Å². The fourth-order valence-electron chi connectivity index (χ4n) is 2.67. The second kappa shape index (κ2) is 9.73. The average Bonchev–Trinajstić information content (AvgIpc) is 3.50. The maximum absolute atomic E-state index is 12.0. The Labute approximate surface area is 183 Å². The molecule has 1 N–H and O–H groups in total. The first-order chi connectivity index (χ1) is 15.2. The van der Waals surface area contributed by atoms with Crippen molar-refractivity contribution in [3.05, 3.63) is 82.9 Å². The molecule has 0 unspecified atom stereocenters. The number of nitrogens with zero attached hydrogens (tertiary/aromatic N) is 2. The molecule has 8 heteroatoms. The zero-order chi connectivity index (χ0) is 21.5. The van der Waals surface area contributed by atoms with Gasteiger partial charge in [-0.25, -0.2) is 0 Å². The van der Waals surface area contributed by atoms with E-state index in [0.29, 0.717) is 23.2 Å². The fraction of sp³-hybridized carbons (Fsp3) is 0.0870. The van der Waals surface area contributed by atoms with Crippen molar-refractivity contribution in [2.45, 2.75) is 6.61 Å². The minimum Gasteiger partial charge on any atom is -0.497 e. The van der Waals surface area contributed by atoms with Gasteiger partial charge in [0.25, 0.3) is 5.89 Å². The lowest BCUT2D eigenvalue weighted by Crippen LogP contribution is -2.07. The Bertz CT molecular complexity index is 1150. The van der Waals surface area contributed by atoms with Crippen LogP contribution in [0.4, 0.5) is 5.69 Å². The summed E-state index contributed by atoms with van der Waals surface area (Å²) in [6, 6.07) is 18.3. The second-order valence-corrected chi connectivity index (χ2v) is 7.36. The number of aromatic nitrogens is 2. The highest BCUT2D eigenvalue weighted by Gasteiger charge is 2.09. The number of thiophene rings is 1. The van der Waals surface area contributed by atoms with Crippen LogP contribution in [0.15, 0.2) is 76.5 Å². The summed E-state index contributed by atoms with van der Waals surface area (Å²) in [4.78, 5) is 13.0. The molecule has 4 aromatic rings. The normalized spacial score (nSPS) is 10.9. The maximum atomic E-state index is 12.0. The van der Waals surface area contributed by atoms with Crippen molar-refractivity contribution in [3.8, 4) is 23.0 Å². The third kappa shape index (κ3) is 5.58. The van der Waals surface area contributed by atoms with Crippen LogP contribution >= 0.6 is 11.3 Å². The molecule has 2 heterocycles. The lowest BCUT2D eigenvalue weighted by Gasteiger charge is -2.05. The largest absolute Gasteiger partial charge is 0.497 e. The van der Waals surface area contributed by atoms with Crippen LogP contribution in [-0.4, -0.2) is 23.2 Å². The number of rotatable bonds is 8. The highest BCUT2D eigenvalue weighted by molar-refractivity contribution is 7.10. The monoisotopic (exact) mass is 433 g/mol. The molecular formula is C23H19N3O4S. The molecule has 0 aliphatic rings. The maximum Gasteiger partial charge on any atom is 0.254 e. The highest BCUT2D eigenvalue weighted by atomic mass is 32.1.